The van der Waals surface area contributed by atoms with Crippen molar-refractivity contribution >= 4 is 45.8 Å². The second-order valence-corrected chi connectivity index (χ2v) is 5.74. The van der Waals surface area contributed by atoms with Crippen molar-refractivity contribution in [3.05, 3.63) is 22.7 Å². The second kappa shape index (κ2) is 9.66. The lowest BCUT2D eigenvalue weighted by atomic mass is 10.1. The summed E-state index contributed by atoms with van der Waals surface area (Å²) in [6.45, 7) is 3.57. The van der Waals surface area contributed by atoms with Crippen LogP contribution in [-0.4, -0.2) is 31.5 Å². The Hall–Kier alpha value is -1.31. The van der Waals surface area contributed by atoms with Gasteiger partial charge >= 0.3 is 0 Å². The molecule has 1 atom stereocenters. The van der Waals surface area contributed by atoms with Gasteiger partial charge in [0.2, 0.25) is 11.8 Å². The summed E-state index contributed by atoms with van der Waals surface area (Å²) >= 11 is 3.33. The van der Waals surface area contributed by atoms with E-state index in [1.807, 2.05) is 13.8 Å². The van der Waals surface area contributed by atoms with Crippen LogP contribution in [0.5, 0.6) is 5.75 Å². The summed E-state index contributed by atoms with van der Waals surface area (Å²) in [5.41, 5.74) is 6.29. The zero-order valence-electron chi connectivity index (χ0n) is 12.7. The Kier molecular flexibility index (Phi) is 9.08. The summed E-state index contributed by atoms with van der Waals surface area (Å²) in [6.07, 6.45) is 0. The van der Waals surface area contributed by atoms with Gasteiger partial charge in [0.1, 0.15) is 5.75 Å². The lowest BCUT2D eigenvalue weighted by molar-refractivity contribution is -0.125. The largest absolute Gasteiger partial charge is 0.496 e. The Morgan fingerprint density at radius 3 is 2.50 bits per heavy atom. The number of rotatable bonds is 6. The van der Waals surface area contributed by atoms with Gasteiger partial charge in [-0.2, -0.15) is 0 Å². The Labute approximate surface area is 144 Å². The molecule has 0 aliphatic rings. The summed E-state index contributed by atoms with van der Waals surface area (Å²) in [5, 5.41) is 5.19. The van der Waals surface area contributed by atoms with Crippen LogP contribution in [0.2, 0.25) is 0 Å². The van der Waals surface area contributed by atoms with Crippen LogP contribution in [0.25, 0.3) is 0 Å². The van der Waals surface area contributed by atoms with E-state index in [-0.39, 0.29) is 36.7 Å². The van der Waals surface area contributed by atoms with Crippen molar-refractivity contribution in [1.29, 1.82) is 0 Å². The normalized spacial score (nSPS) is 11.4. The fourth-order valence-electron chi connectivity index (χ4n) is 1.54. The molecule has 0 saturated heterocycles. The number of anilines is 1. The van der Waals surface area contributed by atoms with Crippen molar-refractivity contribution in [1.82, 2.24) is 5.32 Å². The highest BCUT2D eigenvalue weighted by Crippen LogP contribution is 2.27. The van der Waals surface area contributed by atoms with E-state index in [9.17, 15) is 9.59 Å². The topological polar surface area (TPSA) is 93.5 Å². The molecular weight excluding hydrogens is 374 g/mol. The quantitative estimate of drug-likeness (QED) is 0.687. The maximum atomic E-state index is 11.8. The molecule has 1 aromatic carbocycles. The van der Waals surface area contributed by atoms with E-state index in [0.29, 0.717) is 11.4 Å². The standard InChI is InChI=1S/C14H20BrN3O3.ClH/c1-8(2)13(16)14(20)17-7-12(19)18-9-4-5-11(21-3)10(15)6-9;/h4-6,8,13H,7,16H2,1-3H3,(H,17,20)(H,18,19);1H/t13-;/m0./s1. The highest BCUT2D eigenvalue weighted by atomic mass is 79.9. The van der Waals surface area contributed by atoms with E-state index >= 15 is 0 Å². The minimum atomic E-state index is -0.618. The summed E-state index contributed by atoms with van der Waals surface area (Å²) < 4.78 is 5.83. The van der Waals surface area contributed by atoms with E-state index in [4.69, 9.17) is 10.5 Å². The van der Waals surface area contributed by atoms with Crippen LogP contribution in [-0.2, 0) is 9.59 Å². The molecule has 124 valence electrons. The van der Waals surface area contributed by atoms with Crippen LogP contribution in [0.1, 0.15) is 13.8 Å². The maximum absolute atomic E-state index is 11.8. The fourth-order valence-corrected chi connectivity index (χ4v) is 2.08. The van der Waals surface area contributed by atoms with Gasteiger partial charge in [-0.15, -0.1) is 12.4 Å². The number of nitrogens with one attached hydrogen (secondary N) is 2. The number of hydrogen-bond donors (Lipinski definition) is 3. The van der Waals surface area contributed by atoms with Gasteiger partial charge in [-0.1, -0.05) is 13.8 Å². The summed E-state index contributed by atoms with van der Waals surface area (Å²) in [4.78, 5) is 23.4. The van der Waals surface area contributed by atoms with Crippen LogP contribution in [0.3, 0.4) is 0 Å². The van der Waals surface area contributed by atoms with Crippen molar-refractivity contribution in [2.24, 2.45) is 11.7 Å². The van der Waals surface area contributed by atoms with Gasteiger partial charge in [0.15, 0.2) is 0 Å². The molecule has 2 amide bonds. The second-order valence-electron chi connectivity index (χ2n) is 4.89. The van der Waals surface area contributed by atoms with Gasteiger partial charge in [-0.05, 0) is 40.0 Å². The van der Waals surface area contributed by atoms with Gasteiger partial charge in [0.05, 0.1) is 24.2 Å². The molecule has 0 radical (unpaired) electrons. The van der Waals surface area contributed by atoms with E-state index in [0.717, 1.165) is 4.47 Å². The van der Waals surface area contributed by atoms with Crippen LogP contribution in [0.4, 0.5) is 5.69 Å². The molecule has 22 heavy (non-hydrogen) atoms. The summed E-state index contributed by atoms with van der Waals surface area (Å²) in [6, 6.07) is 4.54. The lowest BCUT2D eigenvalue weighted by Gasteiger charge is -2.15. The molecule has 0 unspecified atom stereocenters. The van der Waals surface area contributed by atoms with Gasteiger partial charge in [-0.25, -0.2) is 0 Å². The van der Waals surface area contributed by atoms with Crippen molar-refractivity contribution in [2.75, 3.05) is 19.0 Å². The first-order valence-corrected chi connectivity index (χ1v) is 7.31. The number of nitrogens with two attached hydrogens (primary N) is 1. The molecule has 4 N–H and O–H groups in total. The van der Waals surface area contributed by atoms with Crippen molar-refractivity contribution in [3.63, 3.8) is 0 Å². The molecule has 0 spiro atoms. The molecule has 0 bridgehead atoms. The van der Waals surface area contributed by atoms with Crippen molar-refractivity contribution in [2.45, 2.75) is 19.9 Å². The number of methoxy groups -OCH3 is 1. The zero-order valence-corrected chi connectivity index (χ0v) is 15.1. The van der Waals surface area contributed by atoms with E-state index in [2.05, 4.69) is 26.6 Å². The predicted molar refractivity (Wildman–Crippen MR) is 92.4 cm³/mol. The first kappa shape index (κ1) is 20.7. The molecule has 0 fully saturated rings. The Morgan fingerprint density at radius 1 is 1.36 bits per heavy atom. The summed E-state index contributed by atoms with van der Waals surface area (Å²) in [5.74, 6) is 0.0299. The van der Waals surface area contributed by atoms with Crippen LogP contribution in [0.15, 0.2) is 22.7 Å². The molecule has 0 heterocycles. The van der Waals surface area contributed by atoms with Gasteiger partial charge in [0.25, 0.3) is 0 Å². The molecule has 0 aliphatic heterocycles. The molecule has 1 aromatic rings. The highest BCUT2D eigenvalue weighted by Gasteiger charge is 2.17. The third-order valence-electron chi connectivity index (χ3n) is 2.88. The van der Waals surface area contributed by atoms with Crippen molar-refractivity contribution < 1.29 is 14.3 Å². The van der Waals surface area contributed by atoms with Crippen LogP contribution < -0.4 is 21.1 Å². The Morgan fingerprint density at radius 2 is 2.00 bits per heavy atom. The van der Waals surface area contributed by atoms with E-state index < -0.39 is 6.04 Å². The number of halogens is 2. The minimum absolute atomic E-state index is 0. The summed E-state index contributed by atoms with van der Waals surface area (Å²) in [7, 11) is 1.56. The molecule has 1 rings (SSSR count). The molecule has 0 aliphatic carbocycles. The van der Waals surface area contributed by atoms with Gasteiger partial charge in [-0.3, -0.25) is 9.59 Å². The third-order valence-corrected chi connectivity index (χ3v) is 3.50. The SMILES string of the molecule is COc1ccc(NC(=O)CNC(=O)[C@@H](N)C(C)C)cc1Br.Cl. The smallest absolute Gasteiger partial charge is 0.243 e. The number of amides is 2. The van der Waals surface area contributed by atoms with Gasteiger partial charge < -0.3 is 21.1 Å². The van der Waals surface area contributed by atoms with E-state index in [1.165, 1.54) is 0 Å². The number of ether oxygens (including phenoxy) is 1. The molecule has 6 nitrogen and oxygen atoms in total. The zero-order chi connectivity index (χ0) is 16.0. The van der Waals surface area contributed by atoms with Gasteiger partial charge in [0, 0.05) is 5.69 Å². The predicted octanol–water partition coefficient (Wildman–Crippen LogP) is 1.92. The third kappa shape index (κ3) is 6.21. The minimum Gasteiger partial charge on any atom is -0.496 e. The molecule has 8 heteroatoms. The molecule has 0 saturated carbocycles. The fraction of sp³-hybridized carbons (Fsp3) is 0.429. The first-order valence-electron chi connectivity index (χ1n) is 6.51. The number of carbonyl (C=O) groups is 2. The monoisotopic (exact) mass is 393 g/mol. The average Bonchev–Trinajstić information content (AvgIpc) is 2.44. The number of hydrogen-bond acceptors (Lipinski definition) is 4. The van der Waals surface area contributed by atoms with Crippen LogP contribution >= 0.6 is 28.3 Å². The average molecular weight is 395 g/mol. The highest BCUT2D eigenvalue weighted by molar-refractivity contribution is 9.10. The van der Waals surface area contributed by atoms with Crippen molar-refractivity contribution in [3.8, 4) is 5.75 Å². The van der Waals surface area contributed by atoms with E-state index in [1.54, 1.807) is 25.3 Å². The maximum Gasteiger partial charge on any atom is 0.243 e. The van der Waals surface area contributed by atoms with Crippen LogP contribution in [0, 0.1) is 5.92 Å². The first-order chi connectivity index (χ1) is 9.85. The molecular formula is C14H21BrClN3O3. The lowest BCUT2D eigenvalue weighted by Crippen LogP contribution is -2.46. The molecule has 0 aromatic heterocycles. The Bertz CT molecular complexity index is 526. The Balaban J connectivity index is 0.00000441. The number of benzene rings is 1. The number of carbonyl (C=O) groups excluding carboxylic acids is 2.